The van der Waals surface area contributed by atoms with Crippen LogP contribution in [0.4, 0.5) is 4.79 Å². The Hall–Kier alpha value is -1.29. The Morgan fingerprint density at radius 2 is 2.33 bits per heavy atom. The molecule has 0 aromatic heterocycles. The molecule has 1 aliphatic heterocycles. The van der Waals surface area contributed by atoms with E-state index in [1.54, 1.807) is 6.08 Å². The maximum Gasteiger partial charge on any atom is 0.509 e. The molecule has 0 aliphatic carbocycles. The summed E-state index contributed by atoms with van der Waals surface area (Å²) in [6.45, 7) is 3.86. The molecule has 1 unspecified atom stereocenters. The number of rotatable bonds is 2. The lowest BCUT2D eigenvalue weighted by molar-refractivity contribution is 0.0887. The maximum absolute atomic E-state index is 11.0. The molecule has 0 bridgehead atoms. The molecule has 0 N–H and O–H groups in total. The molecule has 0 amide bonds. The van der Waals surface area contributed by atoms with Gasteiger partial charge in [0.15, 0.2) is 5.60 Å². The van der Waals surface area contributed by atoms with Gasteiger partial charge in [-0.2, -0.15) is 0 Å². The van der Waals surface area contributed by atoms with E-state index in [4.69, 9.17) is 9.47 Å². The first-order chi connectivity index (χ1) is 7.16. The van der Waals surface area contributed by atoms with E-state index < -0.39 is 11.8 Å². The van der Waals surface area contributed by atoms with Gasteiger partial charge in [-0.1, -0.05) is 34.6 Å². The number of hydrogen-bond donors (Lipinski definition) is 0. The summed E-state index contributed by atoms with van der Waals surface area (Å²) in [5.41, 5.74) is -0.00125. The summed E-state index contributed by atoms with van der Waals surface area (Å²) >= 11 is 3.36. The average Bonchev–Trinajstić information content (AvgIpc) is 2.61. The third kappa shape index (κ3) is 1.77. The maximum atomic E-state index is 11.0. The second kappa shape index (κ2) is 3.70. The second-order valence-electron chi connectivity index (χ2n) is 3.24. The van der Waals surface area contributed by atoms with Crippen LogP contribution in [0, 0.1) is 0 Å². The Morgan fingerprint density at radius 3 is 2.87 bits per heavy atom. The quantitative estimate of drug-likeness (QED) is 0.611. The molecule has 2 rings (SSSR count). The Labute approximate surface area is 95.8 Å². The van der Waals surface area contributed by atoms with E-state index in [-0.39, 0.29) is 6.61 Å². The first-order valence-electron chi connectivity index (χ1n) is 4.42. The van der Waals surface area contributed by atoms with Gasteiger partial charge in [0, 0.05) is 10.0 Å². The van der Waals surface area contributed by atoms with Crippen molar-refractivity contribution in [2.75, 3.05) is 6.61 Å². The van der Waals surface area contributed by atoms with Crippen molar-refractivity contribution in [3.05, 3.63) is 47.0 Å². The predicted octanol–water partition coefficient (Wildman–Crippen LogP) is 3.00. The van der Waals surface area contributed by atoms with E-state index in [0.717, 1.165) is 10.0 Å². The van der Waals surface area contributed by atoms with Crippen LogP contribution in [0.3, 0.4) is 0 Å². The number of cyclic esters (lactones) is 2. The average molecular weight is 269 g/mol. The van der Waals surface area contributed by atoms with Gasteiger partial charge in [-0.25, -0.2) is 4.79 Å². The van der Waals surface area contributed by atoms with Crippen LogP contribution in [0.15, 0.2) is 41.4 Å². The summed E-state index contributed by atoms with van der Waals surface area (Å²) in [4.78, 5) is 11.0. The molecule has 3 nitrogen and oxygen atoms in total. The van der Waals surface area contributed by atoms with Crippen molar-refractivity contribution in [3.8, 4) is 0 Å². The lowest BCUT2D eigenvalue weighted by Gasteiger charge is -2.21. The van der Waals surface area contributed by atoms with Crippen molar-refractivity contribution >= 4 is 22.1 Å². The molecule has 0 radical (unpaired) electrons. The van der Waals surface area contributed by atoms with Gasteiger partial charge in [-0.3, -0.25) is 0 Å². The van der Waals surface area contributed by atoms with Crippen molar-refractivity contribution in [2.45, 2.75) is 5.60 Å². The molecule has 1 atom stereocenters. The van der Waals surface area contributed by atoms with Gasteiger partial charge in [0.2, 0.25) is 0 Å². The molecule has 1 heterocycles. The molecule has 4 heteroatoms. The fourth-order valence-electron chi connectivity index (χ4n) is 1.49. The summed E-state index contributed by atoms with van der Waals surface area (Å²) in [5.74, 6) is 0. The Morgan fingerprint density at radius 1 is 1.53 bits per heavy atom. The molecule has 78 valence electrons. The number of carbonyl (C=O) groups excluding carboxylic acids is 1. The third-order valence-corrected chi connectivity index (χ3v) is 2.81. The van der Waals surface area contributed by atoms with Crippen LogP contribution in [-0.4, -0.2) is 12.8 Å². The van der Waals surface area contributed by atoms with Crippen LogP contribution >= 0.6 is 15.9 Å². The van der Waals surface area contributed by atoms with E-state index in [1.165, 1.54) is 0 Å². The molecule has 15 heavy (non-hydrogen) atoms. The molecule has 1 aromatic rings. The summed E-state index contributed by atoms with van der Waals surface area (Å²) in [7, 11) is 0. The van der Waals surface area contributed by atoms with Crippen LogP contribution in [0.25, 0.3) is 0 Å². The number of halogens is 1. The zero-order chi connectivity index (χ0) is 10.9. The minimum absolute atomic E-state index is 0.172. The van der Waals surface area contributed by atoms with Crippen molar-refractivity contribution in [1.29, 1.82) is 0 Å². The normalized spacial score (nSPS) is 24.5. The van der Waals surface area contributed by atoms with Gasteiger partial charge >= 0.3 is 6.16 Å². The topological polar surface area (TPSA) is 35.5 Å². The third-order valence-electron chi connectivity index (χ3n) is 2.31. The number of ether oxygens (including phenoxy) is 2. The van der Waals surface area contributed by atoms with E-state index >= 15 is 0 Å². The molecule has 1 aromatic carbocycles. The highest BCUT2D eigenvalue weighted by atomic mass is 79.9. The molecular weight excluding hydrogens is 260 g/mol. The van der Waals surface area contributed by atoms with Gasteiger partial charge in [0.05, 0.1) is 0 Å². The largest absolute Gasteiger partial charge is 0.509 e. The Kier molecular flexibility index (Phi) is 2.52. The van der Waals surface area contributed by atoms with E-state index in [1.807, 2.05) is 24.3 Å². The fraction of sp³-hybridized carbons (Fsp3) is 0.182. The standard InChI is InChI=1S/C11H9BrO3/c1-2-11(7-14-10(13)15-11)8-4-3-5-9(12)6-8/h2-6H,1,7H2. The first kappa shape index (κ1) is 10.2. The van der Waals surface area contributed by atoms with Gasteiger partial charge in [-0.05, 0) is 18.2 Å². The monoisotopic (exact) mass is 268 g/mol. The predicted molar refractivity (Wildman–Crippen MR) is 58.5 cm³/mol. The van der Waals surface area contributed by atoms with Crippen molar-refractivity contribution in [3.63, 3.8) is 0 Å². The lowest BCUT2D eigenvalue weighted by atomic mass is 9.95. The van der Waals surface area contributed by atoms with E-state index in [2.05, 4.69) is 22.5 Å². The highest BCUT2D eigenvalue weighted by molar-refractivity contribution is 9.10. The zero-order valence-corrected chi connectivity index (χ0v) is 9.49. The molecule has 0 saturated carbocycles. The molecule has 0 spiro atoms. The molecule has 1 fully saturated rings. The van der Waals surface area contributed by atoms with Crippen LogP contribution in [0.2, 0.25) is 0 Å². The first-order valence-corrected chi connectivity index (χ1v) is 5.21. The zero-order valence-electron chi connectivity index (χ0n) is 7.90. The van der Waals surface area contributed by atoms with Gasteiger partial charge in [-0.15, -0.1) is 0 Å². The number of hydrogen-bond acceptors (Lipinski definition) is 3. The smallest absolute Gasteiger partial charge is 0.429 e. The van der Waals surface area contributed by atoms with Gasteiger partial charge in [0.25, 0.3) is 0 Å². The SMILES string of the molecule is C=CC1(c2cccc(Br)c2)COC(=O)O1. The van der Waals surface area contributed by atoms with Gasteiger partial charge < -0.3 is 9.47 Å². The summed E-state index contributed by atoms with van der Waals surface area (Å²) in [6.07, 6.45) is 0.925. The van der Waals surface area contributed by atoms with Gasteiger partial charge in [0.1, 0.15) is 6.61 Å². The second-order valence-corrected chi connectivity index (χ2v) is 4.16. The van der Waals surface area contributed by atoms with Crippen molar-refractivity contribution < 1.29 is 14.3 Å². The van der Waals surface area contributed by atoms with E-state index in [9.17, 15) is 4.79 Å². The fourth-order valence-corrected chi connectivity index (χ4v) is 1.89. The van der Waals surface area contributed by atoms with Crippen molar-refractivity contribution in [1.82, 2.24) is 0 Å². The number of benzene rings is 1. The van der Waals surface area contributed by atoms with Crippen LogP contribution in [0.5, 0.6) is 0 Å². The minimum Gasteiger partial charge on any atom is -0.429 e. The summed E-state index contributed by atoms with van der Waals surface area (Å²) < 4.78 is 10.9. The highest BCUT2D eigenvalue weighted by Gasteiger charge is 2.41. The molecule has 1 saturated heterocycles. The lowest BCUT2D eigenvalue weighted by Crippen LogP contribution is -2.25. The molecular formula is C11H9BrO3. The summed E-state index contributed by atoms with van der Waals surface area (Å²) in [6, 6.07) is 7.52. The highest BCUT2D eigenvalue weighted by Crippen LogP contribution is 2.33. The molecule has 1 aliphatic rings. The Balaban J connectivity index is 2.43. The van der Waals surface area contributed by atoms with Crippen LogP contribution in [-0.2, 0) is 15.1 Å². The van der Waals surface area contributed by atoms with E-state index in [0.29, 0.717) is 0 Å². The Bertz CT molecular complexity index is 416. The summed E-state index contributed by atoms with van der Waals surface area (Å²) in [5, 5.41) is 0. The van der Waals surface area contributed by atoms with Crippen LogP contribution < -0.4 is 0 Å². The van der Waals surface area contributed by atoms with Crippen molar-refractivity contribution in [2.24, 2.45) is 0 Å². The number of carbonyl (C=O) groups is 1. The van der Waals surface area contributed by atoms with Crippen LogP contribution in [0.1, 0.15) is 5.56 Å². The minimum atomic E-state index is -0.846.